The molecule has 1 aromatic carbocycles. The number of thiophene rings is 1. The van der Waals surface area contributed by atoms with Gasteiger partial charge in [-0.1, -0.05) is 23.7 Å². The third kappa shape index (κ3) is 4.35. The monoisotopic (exact) mass is 412 g/mol. The Morgan fingerprint density at radius 1 is 1.22 bits per heavy atom. The molecule has 23 heavy (non-hydrogen) atoms. The molecule has 0 saturated carbocycles. The molecule has 1 fully saturated rings. The second-order valence-corrected chi connectivity index (χ2v) is 8.36. The van der Waals surface area contributed by atoms with Crippen LogP contribution in [0, 0.1) is 0 Å². The molecule has 0 atom stereocenters. The van der Waals surface area contributed by atoms with Crippen LogP contribution in [0.2, 0.25) is 5.02 Å². The average Bonchev–Trinajstić information content (AvgIpc) is 2.81. The molecular weight excluding hydrogens is 396 g/mol. The fraction of sp³-hybridized carbons (Fsp3) is 0.353. The predicted octanol–water partition coefficient (Wildman–Crippen LogP) is 4.51. The molecule has 0 spiro atoms. The summed E-state index contributed by atoms with van der Waals surface area (Å²) in [6.07, 6.45) is 0.988. The van der Waals surface area contributed by atoms with Crippen molar-refractivity contribution in [3.8, 4) is 0 Å². The highest BCUT2D eigenvalue weighted by Crippen LogP contribution is 2.23. The summed E-state index contributed by atoms with van der Waals surface area (Å²) >= 11 is 11.4. The summed E-state index contributed by atoms with van der Waals surface area (Å²) in [6.45, 7) is 4.38. The van der Waals surface area contributed by atoms with E-state index in [9.17, 15) is 4.79 Å². The highest BCUT2D eigenvalue weighted by Gasteiger charge is 2.21. The van der Waals surface area contributed by atoms with Gasteiger partial charge < -0.3 is 4.90 Å². The van der Waals surface area contributed by atoms with Crippen LogP contribution in [0.15, 0.2) is 39.5 Å². The molecule has 122 valence electrons. The van der Waals surface area contributed by atoms with Gasteiger partial charge in [-0.3, -0.25) is 9.69 Å². The molecule has 2 aromatic rings. The predicted molar refractivity (Wildman–Crippen MR) is 99.3 cm³/mol. The van der Waals surface area contributed by atoms with Crippen molar-refractivity contribution >= 4 is 44.8 Å². The number of rotatable bonds is 3. The number of carbonyl (C=O) groups excluding carboxylic acids is 1. The Balaban J connectivity index is 1.62. The van der Waals surface area contributed by atoms with Crippen molar-refractivity contribution in [2.45, 2.75) is 13.0 Å². The SMILES string of the molecule is O=C(c1ccccc1Cl)N1CCCN(Cc2csc(Br)c2)CC1. The van der Waals surface area contributed by atoms with Gasteiger partial charge in [-0.2, -0.15) is 0 Å². The molecule has 1 aromatic heterocycles. The maximum absolute atomic E-state index is 12.7. The third-order valence-corrected chi connectivity index (χ3v) is 5.89. The molecule has 0 unspecified atom stereocenters. The van der Waals surface area contributed by atoms with E-state index in [1.807, 2.05) is 17.0 Å². The first-order chi connectivity index (χ1) is 11.1. The van der Waals surface area contributed by atoms with Crippen molar-refractivity contribution in [2.75, 3.05) is 26.2 Å². The van der Waals surface area contributed by atoms with Crippen LogP contribution in [-0.4, -0.2) is 41.9 Å². The summed E-state index contributed by atoms with van der Waals surface area (Å²) in [7, 11) is 0. The first-order valence-corrected chi connectivity index (χ1v) is 9.67. The Hall–Kier alpha value is -0.880. The summed E-state index contributed by atoms with van der Waals surface area (Å²) < 4.78 is 1.16. The first kappa shape index (κ1) is 17.0. The zero-order chi connectivity index (χ0) is 16.2. The number of hydrogen-bond donors (Lipinski definition) is 0. The van der Waals surface area contributed by atoms with E-state index in [4.69, 9.17) is 11.6 Å². The number of nitrogens with zero attached hydrogens (tertiary/aromatic N) is 2. The Morgan fingerprint density at radius 3 is 2.78 bits per heavy atom. The molecule has 0 N–H and O–H groups in total. The highest BCUT2D eigenvalue weighted by atomic mass is 79.9. The highest BCUT2D eigenvalue weighted by molar-refractivity contribution is 9.11. The number of amides is 1. The van der Waals surface area contributed by atoms with Crippen LogP contribution in [0.3, 0.4) is 0 Å². The van der Waals surface area contributed by atoms with Crippen LogP contribution < -0.4 is 0 Å². The summed E-state index contributed by atoms with van der Waals surface area (Å²) in [5.74, 6) is 0.0377. The summed E-state index contributed by atoms with van der Waals surface area (Å²) in [5, 5.41) is 2.71. The molecule has 1 saturated heterocycles. The van der Waals surface area contributed by atoms with Gasteiger partial charge in [0.2, 0.25) is 0 Å². The molecule has 0 radical (unpaired) electrons. The molecule has 0 aliphatic carbocycles. The molecule has 1 aliphatic rings. The number of carbonyl (C=O) groups is 1. The molecule has 0 bridgehead atoms. The Labute approximate surface area is 154 Å². The smallest absolute Gasteiger partial charge is 0.255 e. The molecule has 1 aliphatic heterocycles. The standard InChI is InChI=1S/C17H18BrClN2OS/c18-16-10-13(12-23-16)11-20-6-3-7-21(9-8-20)17(22)14-4-1-2-5-15(14)19/h1-2,4-5,10,12H,3,6-9,11H2. The number of halogens is 2. The van der Waals surface area contributed by atoms with Crippen molar-refractivity contribution < 1.29 is 4.79 Å². The third-order valence-electron chi connectivity index (χ3n) is 4.01. The maximum Gasteiger partial charge on any atom is 0.255 e. The minimum absolute atomic E-state index is 0.0377. The quantitative estimate of drug-likeness (QED) is 0.739. The van der Waals surface area contributed by atoms with Crippen LogP contribution in [0.4, 0.5) is 0 Å². The zero-order valence-corrected chi connectivity index (χ0v) is 15.8. The van der Waals surface area contributed by atoms with Gasteiger partial charge in [0.25, 0.3) is 5.91 Å². The summed E-state index contributed by atoms with van der Waals surface area (Å²) in [6, 6.07) is 9.45. The van der Waals surface area contributed by atoms with Gasteiger partial charge >= 0.3 is 0 Å². The summed E-state index contributed by atoms with van der Waals surface area (Å²) in [4.78, 5) is 17.0. The second-order valence-electron chi connectivity index (χ2n) is 5.66. The van der Waals surface area contributed by atoms with E-state index in [-0.39, 0.29) is 5.91 Å². The second kappa shape index (κ2) is 7.79. The van der Waals surface area contributed by atoms with Crippen molar-refractivity contribution in [1.82, 2.24) is 9.80 Å². The zero-order valence-electron chi connectivity index (χ0n) is 12.7. The van der Waals surface area contributed by atoms with Crippen molar-refractivity contribution in [3.63, 3.8) is 0 Å². The van der Waals surface area contributed by atoms with Crippen LogP contribution in [0.25, 0.3) is 0 Å². The Kier molecular flexibility index (Phi) is 5.75. The average molecular weight is 414 g/mol. The van der Waals surface area contributed by atoms with Gasteiger partial charge in [0.1, 0.15) is 0 Å². The molecular formula is C17H18BrClN2OS. The fourth-order valence-electron chi connectivity index (χ4n) is 2.82. The van der Waals surface area contributed by atoms with Gasteiger partial charge in [0.15, 0.2) is 0 Å². The fourth-order valence-corrected chi connectivity index (χ4v) is 4.24. The van der Waals surface area contributed by atoms with E-state index in [0.717, 1.165) is 42.9 Å². The van der Waals surface area contributed by atoms with Crippen LogP contribution in [-0.2, 0) is 6.54 Å². The van der Waals surface area contributed by atoms with Crippen LogP contribution in [0.5, 0.6) is 0 Å². The minimum atomic E-state index is 0.0377. The van der Waals surface area contributed by atoms with E-state index >= 15 is 0 Å². The molecule has 3 rings (SSSR count). The lowest BCUT2D eigenvalue weighted by atomic mass is 10.2. The topological polar surface area (TPSA) is 23.6 Å². The minimum Gasteiger partial charge on any atom is -0.337 e. The van der Waals surface area contributed by atoms with Crippen molar-refractivity contribution in [1.29, 1.82) is 0 Å². The van der Waals surface area contributed by atoms with E-state index in [1.54, 1.807) is 23.5 Å². The molecule has 1 amide bonds. The maximum atomic E-state index is 12.7. The molecule has 6 heteroatoms. The Bertz CT molecular complexity index is 691. The van der Waals surface area contributed by atoms with Gasteiger partial charge in [0, 0.05) is 32.7 Å². The largest absolute Gasteiger partial charge is 0.337 e. The lowest BCUT2D eigenvalue weighted by Gasteiger charge is -2.22. The normalized spacial score (nSPS) is 16.3. The Morgan fingerprint density at radius 2 is 2.04 bits per heavy atom. The first-order valence-electron chi connectivity index (χ1n) is 7.62. The molecule has 2 heterocycles. The lowest BCUT2D eigenvalue weighted by Crippen LogP contribution is -2.35. The van der Waals surface area contributed by atoms with Gasteiger partial charge in [0.05, 0.1) is 14.4 Å². The van der Waals surface area contributed by atoms with E-state index in [0.29, 0.717) is 10.6 Å². The molecule has 3 nitrogen and oxygen atoms in total. The van der Waals surface area contributed by atoms with Crippen LogP contribution >= 0.6 is 38.9 Å². The summed E-state index contributed by atoms with van der Waals surface area (Å²) in [5.41, 5.74) is 1.93. The number of hydrogen-bond acceptors (Lipinski definition) is 3. The van der Waals surface area contributed by atoms with E-state index in [1.165, 1.54) is 5.56 Å². The van der Waals surface area contributed by atoms with Crippen LogP contribution in [0.1, 0.15) is 22.3 Å². The van der Waals surface area contributed by atoms with Crippen molar-refractivity contribution in [3.05, 3.63) is 55.6 Å². The lowest BCUT2D eigenvalue weighted by molar-refractivity contribution is 0.0761. The van der Waals surface area contributed by atoms with Gasteiger partial charge in [-0.25, -0.2) is 0 Å². The number of benzene rings is 1. The van der Waals surface area contributed by atoms with Crippen molar-refractivity contribution in [2.24, 2.45) is 0 Å². The van der Waals surface area contributed by atoms with Gasteiger partial charge in [-0.05, 0) is 51.5 Å². The van der Waals surface area contributed by atoms with E-state index in [2.05, 4.69) is 32.3 Å². The van der Waals surface area contributed by atoms with E-state index < -0.39 is 0 Å². The van der Waals surface area contributed by atoms with Gasteiger partial charge in [-0.15, -0.1) is 11.3 Å².